The second-order valence-corrected chi connectivity index (χ2v) is 6.80. The number of β-amino-alcohol motifs (C(OH)–C–C–N with tert-alkyl or cyclic N) is 1. The first kappa shape index (κ1) is 13.9. The maximum absolute atomic E-state index is 11.4. The Morgan fingerprint density at radius 3 is 2.41 bits per heavy atom. The third kappa shape index (κ3) is 2.14. The number of amidine groups is 1. The Labute approximate surface area is 134 Å². The van der Waals surface area contributed by atoms with E-state index in [1.807, 2.05) is 60.3 Å². The first-order valence-electron chi connectivity index (χ1n) is 7.67. The fourth-order valence-corrected chi connectivity index (χ4v) is 4.44. The minimum atomic E-state index is -0.945. The fourth-order valence-electron chi connectivity index (χ4n) is 3.26. The molecule has 0 spiro atoms. The fraction of sp³-hybridized carbons (Fsp3) is 0.278. The number of hydrogen-bond acceptors (Lipinski definition) is 3. The van der Waals surface area contributed by atoms with Crippen LogP contribution in [0.1, 0.15) is 12.0 Å². The van der Waals surface area contributed by atoms with Gasteiger partial charge in [-0.15, -0.1) is 0 Å². The van der Waals surface area contributed by atoms with Gasteiger partial charge in [-0.2, -0.15) is 0 Å². The molecule has 2 aliphatic rings. The van der Waals surface area contributed by atoms with E-state index < -0.39 is 5.72 Å². The van der Waals surface area contributed by atoms with E-state index in [-0.39, 0.29) is 0 Å². The van der Waals surface area contributed by atoms with Crippen LogP contribution < -0.4 is 4.90 Å². The van der Waals surface area contributed by atoms with Crippen LogP contribution in [0.3, 0.4) is 0 Å². The van der Waals surface area contributed by atoms with E-state index in [4.69, 9.17) is 0 Å². The molecule has 3 nitrogen and oxygen atoms in total. The SMILES string of the molecule is O[C@@]1(c2ccccc2)CN(c2ccccc2)C2=[N+]1CCCS2. The zero-order valence-electron chi connectivity index (χ0n) is 12.4. The lowest BCUT2D eigenvalue weighted by Crippen LogP contribution is -2.41. The zero-order valence-corrected chi connectivity index (χ0v) is 13.2. The van der Waals surface area contributed by atoms with E-state index in [2.05, 4.69) is 21.6 Å². The van der Waals surface area contributed by atoms with E-state index in [1.54, 1.807) is 0 Å². The topological polar surface area (TPSA) is 26.5 Å². The molecule has 22 heavy (non-hydrogen) atoms. The van der Waals surface area contributed by atoms with Crippen LogP contribution in [-0.2, 0) is 5.72 Å². The van der Waals surface area contributed by atoms with Gasteiger partial charge in [-0.1, -0.05) is 48.5 Å². The average Bonchev–Trinajstić information content (AvgIpc) is 2.91. The summed E-state index contributed by atoms with van der Waals surface area (Å²) in [5.41, 5.74) is 1.16. The largest absolute Gasteiger partial charge is 0.346 e. The molecule has 0 aromatic heterocycles. The lowest BCUT2D eigenvalue weighted by Gasteiger charge is -2.24. The van der Waals surface area contributed by atoms with E-state index in [9.17, 15) is 5.11 Å². The Bertz CT molecular complexity index is 702. The summed E-state index contributed by atoms with van der Waals surface area (Å²) < 4.78 is 2.17. The predicted molar refractivity (Wildman–Crippen MR) is 91.3 cm³/mol. The van der Waals surface area contributed by atoms with Gasteiger partial charge >= 0.3 is 5.17 Å². The van der Waals surface area contributed by atoms with Crippen LogP contribution in [0.4, 0.5) is 5.69 Å². The quantitative estimate of drug-likeness (QED) is 0.864. The van der Waals surface area contributed by atoms with Crippen molar-refractivity contribution in [1.29, 1.82) is 0 Å². The molecule has 2 aromatic carbocycles. The van der Waals surface area contributed by atoms with Gasteiger partial charge in [0.15, 0.2) is 6.54 Å². The van der Waals surface area contributed by atoms with Crippen molar-refractivity contribution in [3.05, 3.63) is 66.2 Å². The lowest BCUT2D eigenvalue weighted by atomic mass is 10.0. The highest BCUT2D eigenvalue weighted by atomic mass is 32.2. The molecule has 0 radical (unpaired) electrons. The van der Waals surface area contributed by atoms with Crippen molar-refractivity contribution in [3.63, 3.8) is 0 Å². The summed E-state index contributed by atoms with van der Waals surface area (Å²) in [5, 5.41) is 12.6. The van der Waals surface area contributed by atoms with Crippen molar-refractivity contribution in [2.75, 3.05) is 23.7 Å². The molecule has 4 rings (SSSR count). The first-order valence-corrected chi connectivity index (χ1v) is 8.65. The number of para-hydroxylation sites is 1. The predicted octanol–water partition coefficient (Wildman–Crippen LogP) is 2.86. The number of aliphatic hydroxyl groups is 1. The minimum absolute atomic E-state index is 0.573. The van der Waals surface area contributed by atoms with Crippen molar-refractivity contribution in [2.24, 2.45) is 0 Å². The van der Waals surface area contributed by atoms with Gasteiger partial charge < -0.3 is 5.11 Å². The minimum Gasteiger partial charge on any atom is -0.346 e. The Balaban J connectivity index is 1.81. The molecular formula is C18H19N2OS+. The average molecular weight is 311 g/mol. The molecule has 0 bridgehead atoms. The van der Waals surface area contributed by atoms with Crippen LogP contribution in [0.25, 0.3) is 0 Å². The van der Waals surface area contributed by atoms with Gasteiger partial charge in [0, 0.05) is 11.3 Å². The third-order valence-corrected chi connectivity index (χ3v) is 5.54. The lowest BCUT2D eigenvalue weighted by molar-refractivity contribution is -0.656. The highest BCUT2D eigenvalue weighted by molar-refractivity contribution is 8.13. The summed E-state index contributed by atoms with van der Waals surface area (Å²) in [6.45, 7) is 1.47. The van der Waals surface area contributed by atoms with E-state index in [0.717, 1.165) is 30.0 Å². The Morgan fingerprint density at radius 2 is 1.68 bits per heavy atom. The first-order chi connectivity index (χ1) is 10.8. The molecule has 112 valence electrons. The van der Waals surface area contributed by atoms with E-state index in [0.29, 0.717) is 6.54 Å². The summed E-state index contributed by atoms with van der Waals surface area (Å²) in [6.07, 6.45) is 1.10. The second kappa shape index (κ2) is 5.45. The molecule has 1 N–H and O–H groups in total. The van der Waals surface area contributed by atoms with Crippen LogP contribution in [-0.4, -0.2) is 33.7 Å². The van der Waals surface area contributed by atoms with Crippen molar-refractivity contribution >= 4 is 22.6 Å². The number of anilines is 1. The van der Waals surface area contributed by atoms with Crippen LogP contribution in [0.5, 0.6) is 0 Å². The van der Waals surface area contributed by atoms with Crippen LogP contribution in [0.2, 0.25) is 0 Å². The van der Waals surface area contributed by atoms with Gasteiger partial charge in [0.05, 0.1) is 6.54 Å². The Morgan fingerprint density at radius 1 is 1.00 bits per heavy atom. The van der Waals surface area contributed by atoms with E-state index >= 15 is 0 Å². The van der Waals surface area contributed by atoms with Crippen molar-refractivity contribution in [3.8, 4) is 0 Å². The zero-order chi connectivity index (χ0) is 15.0. The van der Waals surface area contributed by atoms with Crippen molar-refractivity contribution in [2.45, 2.75) is 12.1 Å². The molecule has 0 aliphatic carbocycles. The summed E-state index contributed by atoms with van der Waals surface area (Å²) >= 11 is 1.84. The Hall–Kier alpha value is -1.78. The van der Waals surface area contributed by atoms with Crippen molar-refractivity contribution < 1.29 is 9.68 Å². The molecule has 0 saturated heterocycles. The molecule has 0 unspecified atom stereocenters. The van der Waals surface area contributed by atoms with Gasteiger partial charge in [0.25, 0.3) is 5.72 Å². The van der Waals surface area contributed by atoms with Gasteiger partial charge in [-0.25, -0.2) is 9.48 Å². The van der Waals surface area contributed by atoms with Gasteiger partial charge in [-0.3, -0.25) is 0 Å². The standard InChI is InChI=1S/C18H19N2OS/c21-18(15-8-3-1-4-9-15)14-19(16-10-5-2-6-11-16)17-20(18)12-7-13-22-17/h1-6,8-11,21H,7,12-14H2/q+1/t18-/m1/s1. The molecule has 1 atom stereocenters. The maximum atomic E-state index is 11.4. The van der Waals surface area contributed by atoms with Crippen LogP contribution in [0, 0.1) is 0 Å². The number of hydrogen-bond donors (Lipinski definition) is 1. The molecule has 0 fully saturated rings. The van der Waals surface area contributed by atoms with Crippen molar-refractivity contribution in [1.82, 2.24) is 0 Å². The van der Waals surface area contributed by atoms with Crippen LogP contribution in [0.15, 0.2) is 60.7 Å². The van der Waals surface area contributed by atoms with Crippen LogP contribution >= 0.6 is 11.8 Å². The monoisotopic (exact) mass is 311 g/mol. The highest BCUT2D eigenvalue weighted by Gasteiger charge is 2.53. The van der Waals surface area contributed by atoms with E-state index in [1.165, 1.54) is 5.17 Å². The molecular weight excluding hydrogens is 292 g/mol. The number of nitrogens with zero attached hydrogens (tertiary/aromatic N) is 2. The van der Waals surface area contributed by atoms with Gasteiger partial charge in [0.1, 0.15) is 5.69 Å². The summed E-state index contributed by atoms with van der Waals surface area (Å²) in [7, 11) is 0. The molecule has 2 aliphatic heterocycles. The molecule has 0 saturated carbocycles. The third-order valence-electron chi connectivity index (χ3n) is 4.35. The summed E-state index contributed by atoms with van der Waals surface area (Å²) in [5.74, 6) is 1.11. The normalized spacial score (nSPS) is 24.5. The highest BCUT2D eigenvalue weighted by Crippen LogP contribution is 2.37. The number of thioether (sulfide) groups is 1. The summed E-state index contributed by atoms with van der Waals surface area (Å²) in [4.78, 5) is 2.25. The number of benzene rings is 2. The van der Waals surface area contributed by atoms with Gasteiger partial charge in [-0.05, 0) is 30.3 Å². The second-order valence-electron chi connectivity index (χ2n) is 5.74. The molecule has 4 heteroatoms. The smallest absolute Gasteiger partial charge is 0.316 e. The van der Waals surface area contributed by atoms with Gasteiger partial charge in [0.2, 0.25) is 0 Å². The maximum Gasteiger partial charge on any atom is 0.316 e. The molecule has 2 aromatic rings. The number of rotatable bonds is 2. The molecule has 0 amide bonds. The summed E-state index contributed by atoms with van der Waals surface area (Å²) in [6, 6.07) is 20.4. The Kier molecular flexibility index (Phi) is 3.43. The molecule has 2 heterocycles.